The fraction of sp³-hybridized carbons (Fsp3) is 0.944. The molecule has 2 N–H and O–H groups in total. The zero-order valence-electron chi connectivity index (χ0n) is 15.8. The van der Waals surface area contributed by atoms with Crippen LogP contribution in [0.1, 0.15) is 60.3 Å². The summed E-state index contributed by atoms with van der Waals surface area (Å²) in [6.45, 7) is 14.2. The molecule has 5 heteroatoms. The van der Waals surface area contributed by atoms with Gasteiger partial charge in [-0.2, -0.15) is 0 Å². The number of piperazine rings is 1. The predicted molar refractivity (Wildman–Crippen MR) is 95.5 cm³/mol. The second-order valence-electron chi connectivity index (χ2n) is 7.73. The summed E-state index contributed by atoms with van der Waals surface area (Å²) in [5.41, 5.74) is 5.54. The van der Waals surface area contributed by atoms with Crippen LogP contribution in [0, 0.1) is 5.92 Å². The number of rotatable bonds is 7. The Labute approximate surface area is 142 Å². The van der Waals surface area contributed by atoms with Gasteiger partial charge in [0.15, 0.2) is 0 Å². The Kier molecular flexibility index (Phi) is 8.34. The van der Waals surface area contributed by atoms with Crippen molar-refractivity contribution in [2.24, 2.45) is 11.7 Å². The third-order valence-corrected chi connectivity index (χ3v) is 4.56. The topological polar surface area (TPSA) is 58.8 Å². The molecule has 0 aliphatic carbocycles. The SMILES string of the molecule is CCCCC(CC)CN1CCN(C(=O)OC(C)(C)C)CC1CN. The molecule has 1 fully saturated rings. The highest BCUT2D eigenvalue weighted by Gasteiger charge is 2.31. The maximum absolute atomic E-state index is 12.2. The van der Waals surface area contributed by atoms with Gasteiger partial charge in [-0.25, -0.2) is 4.79 Å². The van der Waals surface area contributed by atoms with E-state index in [1.165, 1.54) is 25.7 Å². The fourth-order valence-electron chi connectivity index (χ4n) is 3.10. The lowest BCUT2D eigenvalue weighted by Gasteiger charge is -2.42. The fourth-order valence-corrected chi connectivity index (χ4v) is 3.10. The van der Waals surface area contributed by atoms with E-state index in [0.29, 0.717) is 13.1 Å². The van der Waals surface area contributed by atoms with Crippen LogP contribution in [0.25, 0.3) is 0 Å². The molecule has 1 saturated heterocycles. The summed E-state index contributed by atoms with van der Waals surface area (Å²) in [7, 11) is 0. The zero-order valence-corrected chi connectivity index (χ0v) is 15.8. The first-order valence-corrected chi connectivity index (χ1v) is 9.22. The van der Waals surface area contributed by atoms with Crippen LogP contribution in [-0.4, -0.2) is 60.3 Å². The molecule has 1 rings (SSSR count). The number of nitrogens with zero attached hydrogens (tertiary/aromatic N) is 2. The van der Waals surface area contributed by atoms with Crippen LogP contribution in [0.5, 0.6) is 0 Å². The molecule has 5 nitrogen and oxygen atoms in total. The molecule has 0 saturated carbocycles. The normalized spacial score (nSPS) is 21.3. The maximum Gasteiger partial charge on any atom is 0.410 e. The van der Waals surface area contributed by atoms with Crippen molar-refractivity contribution >= 4 is 6.09 Å². The summed E-state index contributed by atoms with van der Waals surface area (Å²) in [6.07, 6.45) is 4.83. The standard InChI is InChI=1S/C18H37N3O2/c1-6-8-9-15(7-2)13-20-10-11-21(14-16(20)12-19)17(22)23-18(3,4)5/h15-16H,6-14,19H2,1-5H3. The van der Waals surface area contributed by atoms with E-state index in [2.05, 4.69) is 18.7 Å². The van der Waals surface area contributed by atoms with Gasteiger partial charge in [0.05, 0.1) is 0 Å². The van der Waals surface area contributed by atoms with Gasteiger partial charge in [0.25, 0.3) is 0 Å². The molecular formula is C18H37N3O2. The third-order valence-electron chi connectivity index (χ3n) is 4.56. The van der Waals surface area contributed by atoms with Crippen molar-refractivity contribution in [2.45, 2.75) is 71.9 Å². The number of hydrogen-bond donors (Lipinski definition) is 1. The maximum atomic E-state index is 12.2. The lowest BCUT2D eigenvalue weighted by molar-refractivity contribution is 0.00214. The first-order chi connectivity index (χ1) is 10.8. The summed E-state index contributed by atoms with van der Waals surface area (Å²) in [5.74, 6) is 0.733. The monoisotopic (exact) mass is 327 g/mol. The number of nitrogens with two attached hydrogens (primary N) is 1. The largest absolute Gasteiger partial charge is 0.444 e. The number of carbonyl (C=O) groups excluding carboxylic acids is 1. The van der Waals surface area contributed by atoms with Crippen LogP contribution in [0.15, 0.2) is 0 Å². The highest BCUT2D eigenvalue weighted by molar-refractivity contribution is 5.68. The van der Waals surface area contributed by atoms with E-state index in [1.54, 1.807) is 0 Å². The van der Waals surface area contributed by atoms with Gasteiger partial charge in [0.1, 0.15) is 5.60 Å². The number of amides is 1. The first-order valence-electron chi connectivity index (χ1n) is 9.22. The minimum absolute atomic E-state index is 0.214. The van der Waals surface area contributed by atoms with E-state index in [1.807, 2.05) is 25.7 Å². The van der Waals surface area contributed by atoms with Crippen LogP contribution in [0.3, 0.4) is 0 Å². The van der Waals surface area contributed by atoms with E-state index in [0.717, 1.165) is 25.6 Å². The van der Waals surface area contributed by atoms with E-state index >= 15 is 0 Å². The Morgan fingerprint density at radius 1 is 1.30 bits per heavy atom. The van der Waals surface area contributed by atoms with E-state index in [4.69, 9.17) is 10.5 Å². The Balaban J connectivity index is 2.56. The van der Waals surface area contributed by atoms with Gasteiger partial charge in [-0.05, 0) is 33.1 Å². The number of unbranched alkanes of at least 4 members (excludes halogenated alkanes) is 1. The Bertz CT molecular complexity index is 355. The van der Waals surface area contributed by atoms with Crippen molar-refractivity contribution in [2.75, 3.05) is 32.7 Å². The van der Waals surface area contributed by atoms with E-state index < -0.39 is 5.60 Å². The minimum atomic E-state index is -0.445. The number of ether oxygens (including phenoxy) is 1. The van der Waals surface area contributed by atoms with Crippen molar-refractivity contribution in [1.29, 1.82) is 0 Å². The molecule has 1 aliphatic rings. The van der Waals surface area contributed by atoms with Gasteiger partial charge in [0, 0.05) is 38.8 Å². The molecule has 2 atom stereocenters. The van der Waals surface area contributed by atoms with Crippen molar-refractivity contribution in [3.05, 3.63) is 0 Å². The number of carbonyl (C=O) groups is 1. The lowest BCUT2D eigenvalue weighted by Crippen LogP contribution is -2.58. The van der Waals surface area contributed by atoms with Crippen LogP contribution < -0.4 is 5.73 Å². The van der Waals surface area contributed by atoms with Crippen LogP contribution >= 0.6 is 0 Å². The summed E-state index contributed by atoms with van der Waals surface area (Å²) >= 11 is 0. The molecule has 0 aromatic rings. The van der Waals surface area contributed by atoms with Crippen molar-refractivity contribution < 1.29 is 9.53 Å². The molecule has 0 aromatic heterocycles. The molecule has 23 heavy (non-hydrogen) atoms. The molecule has 1 aliphatic heterocycles. The van der Waals surface area contributed by atoms with E-state index in [9.17, 15) is 4.79 Å². The summed E-state index contributed by atoms with van der Waals surface area (Å²) in [6, 6.07) is 0.243. The van der Waals surface area contributed by atoms with Crippen molar-refractivity contribution in [1.82, 2.24) is 9.80 Å². The zero-order chi connectivity index (χ0) is 17.5. The van der Waals surface area contributed by atoms with Crippen LogP contribution in [-0.2, 0) is 4.74 Å². The molecule has 0 bridgehead atoms. The third kappa shape index (κ3) is 7.08. The molecule has 0 radical (unpaired) electrons. The summed E-state index contributed by atoms with van der Waals surface area (Å²) < 4.78 is 5.49. The summed E-state index contributed by atoms with van der Waals surface area (Å²) in [5, 5.41) is 0. The first kappa shape index (κ1) is 20.2. The van der Waals surface area contributed by atoms with Gasteiger partial charge in [-0.15, -0.1) is 0 Å². The van der Waals surface area contributed by atoms with Gasteiger partial charge >= 0.3 is 6.09 Å². The molecule has 2 unspecified atom stereocenters. The minimum Gasteiger partial charge on any atom is -0.444 e. The second-order valence-corrected chi connectivity index (χ2v) is 7.73. The predicted octanol–water partition coefficient (Wildman–Crippen LogP) is 3.08. The molecule has 0 spiro atoms. The van der Waals surface area contributed by atoms with Gasteiger partial charge < -0.3 is 15.4 Å². The molecule has 0 aromatic carbocycles. The molecule has 1 heterocycles. The van der Waals surface area contributed by atoms with E-state index in [-0.39, 0.29) is 12.1 Å². The van der Waals surface area contributed by atoms with Gasteiger partial charge in [-0.3, -0.25) is 4.90 Å². The highest BCUT2D eigenvalue weighted by Crippen LogP contribution is 2.19. The number of hydrogen-bond acceptors (Lipinski definition) is 4. The Morgan fingerprint density at radius 3 is 2.52 bits per heavy atom. The molecule has 136 valence electrons. The quantitative estimate of drug-likeness (QED) is 0.780. The molecular weight excluding hydrogens is 290 g/mol. The van der Waals surface area contributed by atoms with Gasteiger partial charge in [-0.1, -0.05) is 33.1 Å². The average molecular weight is 328 g/mol. The Hall–Kier alpha value is -0.810. The lowest BCUT2D eigenvalue weighted by atomic mass is 9.97. The second kappa shape index (κ2) is 9.48. The highest BCUT2D eigenvalue weighted by atomic mass is 16.6. The van der Waals surface area contributed by atoms with Crippen LogP contribution in [0.2, 0.25) is 0 Å². The smallest absolute Gasteiger partial charge is 0.410 e. The van der Waals surface area contributed by atoms with Gasteiger partial charge in [0.2, 0.25) is 0 Å². The summed E-state index contributed by atoms with van der Waals surface area (Å²) in [4.78, 5) is 16.5. The van der Waals surface area contributed by atoms with Crippen molar-refractivity contribution in [3.8, 4) is 0 Å². The molecule has 1 amide bonds. The van der Waals surface area contributed by atoms with Crippen LogP contribution in [0.4, 0.5) is 4.79 Å². The average Bonchev–Trinajstić information content (AvgIpc) is 2.49. The van der Waals surface area contributed by atoms with Crippen molar-refractivity contribution in [3.63, 3.8) is 0 Å². The Morgan fingerprint density at radius 2 is 2.00 bits per heavy atom.